The van der Waals surface area contributed by atoms with Gasteiger partial charge in [0.2, 0.25) is 0 Å². The minimum Gasteiger partial charge on any atom is -0.399 e. The van der Waals surface area contributed by atoms with Crippen LogP contribution >= 0.6 is 0 Å². The summed E-state index contributed by atoms with van der Waals surface area (Å²) in [6.07, 6.45) is 6.36. The Kier molecular flexibility index (Phi) is 2.12. The summed E-state index contributed by atoms with van der Waals surface area (Å²) >= 11 is 0. The first-order chi connectivity index (χ1) is 9.31. The molecule has 0 amide bonds. The fraction of sp³-hybridized carbons (Fsp3) is 0.200. The maximum Gasteiger partial charge on any atom is 0.0755 e. The molecule has 4 nitrogen and oxygen atoms in total. The quantitative estimate of drug-likeness (QED) is 0.711. The van der Waals surface area contributed by atoms with E-state index in [1.807, 2.05) is 35.1 Å². The molecule has 0 unspecified atom stereocenters. The van der Waals surface area contributed by atoms with Gasteiger partial charge in [-0.2, -0.15) is 5.10 Å². The van der Waals surface area contributed by atoms with E-state index in [0.29, 0.717) is 5.92 Å². The molecule has 4 heteroatoms. The maximum absolute atomic E-state index is 5.80. The summed E-state index contributed by atoms with van der Waals surface area (Å²) in [7, 11) is 0. The molecule has 1 saturated carbocycles. The van der Waals surface area contributed by atoms with Gasteiger partial charge in [-0.05, 0) is 43.2 Å². The van der Waals surface area contributed by atoms with Gasteiger partial charge in [-0.25, -0.2) is 4.68 Å². The van der Waals surface area contributed by atoms with Gasteiger partial charge in [0, 0.05) is 29.4 Å². The summed E-state index contributed by atoms with van der Waals surface area (Å²) in [5.74, 6) is 0.671. The highest BCUT2D eigenvalue weighted by molar-refractivity contribution is 5.88. The molecule has 2 N–H and O–H groups in total. The highest BCUT2D eigenvalue weighted by atomic mass is 15.3. The van der Waals surface area contributed by atoms with Gasteiger partial charge in [0.05, 0.1) is 16.9 Å². The van der Waals surface area contributed by atoms with Crippen LogP contribution in [0.15, 0.2) is 42.7 Å². The van der Waals surface area contributed by atoms with Crippen molar-refractivity contribution in [2.24, 2.45) is 0 Å². The summed E-state index contributed by atoms with van der Waals surface area (Å²) in [6, 6.07) is 9.90. The third-order valence-corrected chi connectivity index (χ3v) is 3.60. The Hall–Kier alpha value is -2.36. The van der Waals surface area contributed by atoms with Crippen LogP contribution in [-0.2, 0) is 0 Å². The zero-order chi connectivity index (χ0) is 12.8. The number of pyridine rings is 1. The van der Waals surface area contributed by atoms with Crippen LogP contribution in [0.5, 0.6) is 0 Å². The number of aromatic nitrogens is 3. The average Bonchev–Trinajstić information content (AvgIpc) is 3.16. The van der Waals surface area contributed by atoms with E-state index in [2.05, 4.69) is 16.1 Å². The molecule has 0 saturated heterocycles. The summed E-state index contributed by atoms with van der Waals surface area (Å²) < 4.78 is 1.94. The molecule has 0 atom stereocenters. The lowest BCUT2D eigenvalue weighted by atomic mass is 10.1. The van der Waals surface area contributed by atoms with Crippen molar-refractivity contribution in [3.8, 4) is 5.69 Å². The first kappa shape index (κ1) is 10.6. The second-order valence-electron chi connectivity index (χ2n) is 5.07. The number of nitrogens with zero attached hydrogens (tertiary/aromatic N) is 3. The van der Waals surface area contributed by atoms with Gasteiger partial charge in [0.15, 0.2) is 0 Å². The predicted octanol–water partition coefficient (Wildman–Crippen LogP) is 2.88. The zero-order valence-electron chi connectivity index (χ0n) is 10.5. The van der Waals surface area contributed by atoms with Crippen molar-refractivity contribution >= 4 is 16.6 Å². The Morgan fingerprint density at radius 3 is 2.89 bits per heavy atom. The Labute approximate surface area is 110 Å². The van der Waals surface area contributed by atoms with Crippen molar-refractivity contribution in [1.82, 2.24) is 14.8 Å². The molecule has 19 heavy (non-hydrogen) atoms. The molecule has 0 spiro atoms. The Bertz CT molecular complexity index is 756. The van der Waals surface area contributed by atoms with Crippen LogP contribution in [0.25, 0.3) is 16.6 Å². The van der Waals surface area contributed by atoms with Crippen LogP contribution in [0.2, 0.25) is 0 Å². The van der Waals surface area contributed by atoms with Gasteiger partial charge in [-0.3, -0.25) is 4.98 Å². The molecular formula is C15H14N4. The molecule has 0 radical (unpaired) electrons. The highest BCUT2D eigenvalue weighted by Gasteiger charge is 2.26. The smallest absolute Gasteiger partial charge is 0.0755 e. The van der Waals surface area contributed by atoms with E-state index in [0.717, 1.165) is 22.3 Å². The SMILES string of the molecule is Nc1ccc2c(-n3ccc(C4CC4)n3)ccnc2c1. The Balaban J connectivity index is 1.88. The fourth-order valence-electron chi connectivity index (χ4n) is 2.42. The van der Waals surface area contributed by atoms with Gasteiger partial charge >= 0.3 is 0 Å². The molecular weight excluding hydrogens is 236 g/mol. The van der Waals surface area contributed by atoms with Gasteiger partial charge in [-0.1, -0.05) is 0 Å². The third-order valence-electron chi connectivity index (χ3n) is 3.60. The second-order valence-corrected chi connectivity index (χ2v) is 5.07. The van der Waals surface area contributed by atoms with Crippen molar-refractivity contribution < 1.29 is 0 Å². The molecule has 1 aromatic carbocycles. The monoisotopic (exact) mass is 250 g/mol. The van der Waals surface area contributed by atoms with Crippen LogP contribution in [-0.4, -0.2) is 14.8 Å². The summed E-state index contributed by atoms with van der Waals surface area (Å²) in [6.45, 7) is 0. The summed E-state index contributed by atoms with van der Waals surface area (Å²) in [5.41, 5.74) is 9.69. The van der Waals surface area contributed by atoms with Crippen LogP contribution in [0.4, 0.5) is 5.69 Å². The number of rotatable bonds is 2. The molecule has 2 heterocycles. The predicted molar refractivity (Wildman–Crippen MR) is 75.3 cm³/mol. The van der Waals surface area contributed by atoms with Gasteiger partial charge < -0.3 is 5.73 Å². The van der Waals surface area contributed by atoms with Crippen molar-refractivity contribution in [2.45, 2.75) is 18.8 Å². The highest BCUT2D eigenvalue weighted by Crippen LogP contribution is 2.39. The lowest BCUT2D eigenvalue weighted by Gasteiger charge is -2.06. The van der Waals surface area contributed by atoms with Crippen molar-refractivity contribution in [2.75, 3.05) is 5.73 Å². The maximum atomic E-state index is 5.80. The average molecular weight is 250 g/mol. The van der Waals surface area contributed by atoms with Crippen molar-refractivity contribution in [1.29, 1.82) is 0 Å². The van der Waals surface area contributed by atoms with E-state index >= 15 is 0 Å². The number of benzene rings is 1. The molecule has 94 valence electrons. The molecule has 0 bridgehead atoms. The molecule has 1 aliphatic carbocycles. The van der Waals surface area contributed by atoms with Crippen molar-refractivity contribution in [3.63, 3.8) is 0 Å². The number of fused-ring (bicyclic) bond motifs is 1. The Morgan fingerprint density at radius 1 is 1.16 bits per heavy atom. The minimum absolute atomic E-state index is 0.671. The van der Waals surface area contributed by atoms with Crippen molar-refractivity contribution in [3.05, 3.63) is 48.4 Å². The minimum atomic E-state index is 0.671. The van der Waals surface area contributed by atoms with E-state index in [-0.39, 0.29) is 0 Å². The van der Waals surface area contributed by atoms with Gasteiger partial charge in [0.25, 0.3) is 0 Å². The lowest BCUT2D eigenvalue weighted by Crippen LogP contribution is -1.98. The fourth-order valence-corrected chi connectivity index (χ4v) is 2.42. The lowest BCUT2D eigenvalue weighted by molar-refractivity contribution is 0.841. The summed E-state index contributed by atoms with van der Waals surface area (Å²) in [4.78, 5) is 4.36. The number of nitrogens with two attached hydrogens (primary N) is 1. The number of anilines is 1. The normalized spacial score (nSPS) is 14.9. The third kappa shape index (κ3) is 1.76. The number of hydrogen-bond donors (Lipinski definition) is 1. The summed E-state index contributed by atoms with van der Waals surface area (Å²) in [5, 5.41) is 5.74. The van der Waals surface area contributed by atoms with E-state index in [9.17, 15) is 0 Å². The standard InChI is InChI=1S/C15H14N4/c16-11-3-4-12-14(9-11)17-7-5-15(12)19-8-6-13(18-19)10-1-2-10/h3-10H,1-2,16H2. The van der Waals surface area contributed by atoms with Crippen LogP contribution < -0.4 is 5.73 Å². The van der Waals surface area contributed by atoms with E-state index in [1.54, 1.807) is 6.20 Å². The topological polar surface area (TPSA) is 56.7 Å². The Morgan fingerprint density at radius 2 is 2.05 bits per heavy atom. The van der Waals surface area contributed by atoms with E-state index in [4.69, 9.17) is 5.73 Å². The van der Waals surface area contributed by atoms with Crippen LogP contribution in [0, 0.1) is 0 Å². The van der Waals surface area contributed by atoms with E-state index in [1.165, 1.54) is 18.5 Å². The molecule has 3 aromatic rings. The molecule has 1 fully saturated rings. The van der Waals surface area contributed by atoms with Gasteiger partial charge in [0.1, 0.15) is 0 Å². The van der Waals surface area contributed by atoms with E-state index < -0.39 is 0 Å². The van der Waals surface area contributed by atoms with Crippen LogP contribution in [0.3, 0.4) is 0 Å². The number of hydrogen-bond acceptors (Lipinski definition) is 3. The second kappa shape index (κ2) is 3.82. The molecule has 0 aliphatic heterocycles. The molecule has 4 rings (SSSR count). The first-order valence-corrected chi connectivity index (χ1v) is 6.51. The largest absolute Gasteiger partial charge is 0.399 e. The number of nitrogen functional groups attached to an aromatic ring is 1. The first-order valence-electron chi connectivity index (χ1n) is 6.51. The zero-order valence-corrected chi connectivity index (χ0v) is 10.5. The van der Waals surface area contributed by atoms with Gasteiger partial charge in [-0.15, -0.1) is 0 Å². The van der Waals surface area contributed by atoms with Crippen LogP contribution in [0.1, 0.15) is 24.5 Å². The molecule has 2 aromatic heterocycles. The molecule has 1 aliphatic rings.